The van der Waals surface area contributed by atoms with Gasteiger partial charge in [-0.05, 0) is 24.6 Å². The Morgan fingerprint density at radius 1 is 1.20 bits per heavy atom. The number of hydrogen-bond acceptors (Lipinski definition) is 4. The summed E-state index contributed by atoms with van der Waals surface area (Å²) in [5.74, 6) is 1.90. The first-order chi connectivity index (χ1) is 7.20. The number of aryl methyl sites for hydroxylation is 2. The second kappa shape index (κ2) is 3.73. The van der Waals surface area contributed by atoms with Gasteiger partial charge < -0.3 is 9.15 Å². The first-order valence-corrected chi connectivity index (χ1v) is 4.66. The van der Waals surface area contributed by atoms with Crippen LogP contribution in [0.25, 0.3) is 11.5 Å². The fourth-order valence-corrected chi connectivity index (χ4v) is 1.37. The summed E-state index contributed by atoms with van der Waals surface area (Å²) in [6.07, 6.45) is 0. The highest BCUT2D eigenvalue weighted by Crippen LogP contribution is 2.25. The largest absolute Gasteiger partial charge is 0.496 e. The van der Waals surface area contributed by atoms with Crippen molar-refractivity contribution < 1.29 is 9.15 Å². The molecule has 1 heterocycles. The minimum absolute atomic E-state index is 0.519. The zero-order valence-corrected chi connectivity index (χ0v) is 8.94. The molecule has 0 atom stereocenters. The second-order valence-electron chi connectivity index (χ2n) is 3.31. The first kappa shape index (κ1) is 9.71. The van der Waals surface area contributed by atoms with Gasteiger partial charge in [-0.3, -0.25) is 0 Å². The minimum Gasteiger partial charge on any atom is -0.496 e. The Morgan fingerprint density at radius 3 is 2.60 bits per heavy atom. The van der Waals surface area contributed by atoms with E-state index in [1.165, 1.54) is 0 Å². The normalized spacial score (nSPS) is 10.3. The van der Waals surface area contributed by atoms with Crippen molar-refractivity contribution in [3.63, 3.8) is 0 Å². The molecule has 0 aliphatic carbocycles. The quantitative estimate of drug-likeness (QED) is 0.753. The van der Waals surface area contributed by atoms with Gasteiger partial charge in [0.25, 0.3) is 0 Å². The van der Waals surface area contributed by atoms with Crippen LogP contribution in [-0.2, 0) is 0 Å². The van der Waals surface area contributed by atoms with E-state index >= 15 is 0 Å². The minimum atomic E-state index is 0.519. The van der Waals surface area contributed by atoms with E-state index in [1.54, 1.807) is 14.0 Å². The average Bonchev–Trinajstić information content (AvgIpc) is 2.66. The molecule has 1 aromatic carbocycles. The first-order valence-electron chi connectivity index (χ1n) is 4.66. The van der Waals surface area contributed by atoms with E-state index < -0.39 is 0 Å². The van der Waals surface area contributed by atoms with Crippen molar-refractivity contribution >= 4 is 0 Å². The molecule has 1 aromatic heterocycles. The summed E-state index contributed by atoms with van der Waals surface area (Å²) in [6.45, 7) is 3.75. The molecule has 0 spiro atoms. The monoisotopic (exact) mass is 204 g/mol. The van der Waals surface area contributed by atoms with Crippen LogP contribution < -0.4 is 4.74 Å². The zero-order chi connectivity index (χ0) is 10.8. The van der Waals surface area contributed by atoms with E-state index in [2.05, 4.69) is 10.2 Å². The predicted molar refractivity (Wildman–Crippen MR) is 55.8 cm³/mol. The Hall–Kier alpha value is -1.84. The molecule has 0 fully saturated rings. The van der Waals surface area contributed by atoms with Gasteiger partial charge in [0.2, 0.25) is 11.8 Å². The van der Waals surface area contributed by atoms with E-state index in [-0.39, 0.29) is 0 Å². The molecule has 0 saturated heterocycles. The summed E-state index contributed by atoms with van der Waals surface area (Å²) in [6, 6.07) is 5.79. The fourth-order valence-electron chi connectivity index (χ4n) is 1.37. The number of hydrogen-bond donors (Lipinski definition) is 0. The summed E-state index contributed by atoms with van der Waals surface area (Å²) in [5, 5.41) is 7.73. The molecule has 78 valence electrons. The summed E-state index contributed by atoms with van der Waals surface area (Å²) in [7, 11) is 1.64. The molecular formula is C11H12N2O2. The van der Waals surface area contributed by atoms with Gasteiger partial charge in [-0.25, -0.2) is 0 Å². The van der Waals surface area contributed by atoms with Gasteiger partial charge >= 0.3 is 0 Å². The van der Waals surface area contributed by atoms with Gasteiger partial charge in [0, 0.05) is 12.5 Å². The number of nitrogens with zero attached hydrogens (tertiary/aromatic N) is 2. The van der Waals surface area contributed by atoms with E-state index in [1.807, 2.05) is 25.1 Å². The van der Waals surface area contributed by atoms with E-state index in [4.69, 9.17) is 9.15 Å². The summed E-state index contributed by atoms with van der Waals surface area (Å²) >= 11 is 0. The highest BCUT2D eigenvalue weighted by atomic mass is 16.5. The lowest BCUT2D eigenvalue weighted by atomic mass is 10.1. The Bertz CT molecular complexity index is 477. The van der Waals surface area contributed by atoms with Crippen LogP contribution in [0.5, 0.6) is 5.75 Å². The van der Waals surface area contributed by atoms with Crippen LogP contribution in [0.15, 0.2) is 22.6 Å². The maximum atomic E-state index is 5.33. The third-order valence-electron chi connectivity index (χ3n) is 2.18. The molecule has 2 aromatic rings. The van der Waals surface area contributed by atoms with Crippen molar-refractivity contribution in [3.8, 4) is 17.2 Å². The van der Waals surface area contributed by atoms with Crippen molar-refractivity contribution in [2.45, 2.75) is 13.8 Å². The maximum Gasteiger partial charge on any atom is 0.247 e. The number of ether oxygens (including phenoxy) is 1. The molecule has 15 heavy (non-hydrogen) atoms. The molecule has 0 bridgehead atoms. The predicted octanol–water partition coefficient (Wildman–Crippen LogP) is 2.36. The summed E-state index contributed by atoms with van der Waals surface area (Å²) in [5.41, 5.74) is 1.95. The van der Waals surface area contributed by atoms with Crippen molar-refractivity contribution in [2.75, 3.05) is 7.11 Å². The van der Waals surface area contributed by atoms with Gasteiger partial charge in [0.15, 0.2) is 0 Å². The maximum absolute atomic E-state index is 5.33. The number of benzene rings is 1. The van der Waals surface area contributed by atoms with Crippen molar-refractivity contribution in [1.29, 1.82) is 0 Å². The molecule has 4 heteroatoms. The van der Waals surface area contributed by atoms with Gasteiger partial charge in [-0.15, -0.1) is 10.2 Å². The van der Waals surface area contributed by atoms with Crippen LogP contribution in [0.2, 0.25) is 0 Å². The summed E-state index contributed by atoms with van der Waals surface area (Å²) < 4.78 is 10.6. The van der Waals surface area contributed by atoms with E-state index in [0.717, 1.165) is 16.9 Å². The van der Waals surface area contributed by atoms with Crippen LogP contribution in [-0.4, -0.2) is 17.3 Å². The SMILES string of the molecule is COc1cc(-c2nnc(C)o2)ccc1C. The molecule has 0 unspecified atom stereocenters. The van der Waals surface area contributed by atoms with Crippen molar-refractivity contribution in [1.82, 2.24) is 10.2 Å². The zero-order valence-electron chi connectivity index (χ0n) is 8.94. The van der Waals surface area contributed by atoms with Gasteiger partial charge in [-0.2, -0.15) is 0 Å². The molecule has 2 rings (SSSR count). The third kappa shape index (κ3) is 1.83. The van der Waals surface area contributed by atoms with E-state index in [0.29, 0.717) is 11.8 Å². The summed E-state index contributed by atoms with van der Waals surface area (Å²) in [4.78, 5) is 0. The van der Waals surface area contributed by atoms with E-state index in [9.17, 15) is 0 Å². The lowest BCUT2D eigenvalue weighted by Gasteiger charge is -2.04. The van der Waals surface area contributed by atoms with Crippen molar-refractivity contribution in [3.05, 3.63) is 29.7 Å². The lowest BCUT2D eigenvalue weighted by molar-refractivity contribution is 0.411. The van der Waals surface area contributed by atoms with Gasteiger partial charge in [-0.1, -0.05) is 6.07 Å². The second-order valence-corrected chi connectivity index (χ2v) is 3.31. The lowest BCUT2D eigenvalue weighted by Crippen LogP contribution is -1.88. The Morgan fingerprint density at radius 2 is 2.00 bits per heavy atom. The number of methoxy groups -OCH3 is 1. The Balaban J connectivity index is 2.45. The van der Waals surface area contributed by atoms with Crippen LogP contribution >= 0.6 is 0 Å². The van der Waals surface area contributed by atoms with Crippen LogP contribution in [0.1, 0.15) is 11.5 Å². The van der Waals surface area contributed by atoms with Gasteiger partial charge in [0.1, 0.15) is 5.75 Å². The smallest absolute Gasteiger partial charge is 0.247 e. The molecule has 0 aliphatic rings. The Labute approximate surface area is 87.9 Å². The standard InChI is InChI=1S/C11H12N2O2/c1-7-4-5-9(6-10(7)14-3)11-13-12-8(2)15-11/h4-6H,1-3H3. The molecule has 0 N–H and O–H groups in total. The molecule has 0 amide bonds. The highest BCUT2D eigenvalue weighted by molar-refractivity contribution is 5.57. The molecule has 0 aliphatic heterocycles. The van der Waals surface area contributed by atoms with Crippen LogP contribution in [0.4, 0.5) is 0 Å². The topological polar surface area (TPSA) is 48.2 Å². The van der Waals surface area contributed by atoms with Gasteiger partial charge in [0.05, 0.1) is 7.11 Å². The molecule has 4 nitrogen and oxygen atoms in total. The molecule has 0 saturated carbocycles. The Kier molecular flexibility index (Phi) is 2.41. The molecular weight excluding hydrogens is 192 g/mol. The molecule has 0 radical (unpaired) electrons. The number of aromatic nitrogens is 2. The third-order valence-corrected chi connectivity index (χ3v) is 2.18. The average molecular weight is 204 g/mol. The highest BCUT2D eigenvalue weighted by Gasteiger charge is 2.08. The van der Waals surface area contributed by atoms with Crippen molar-refractivity contribution in [2.24, 2.45) is 0 Å². The van der Waals surface area contributed by atoms with Crippen LogP contribution in [0, 0.1) is 13.8 Å². The van der Waals surface area contributed by atoms with Crippen LogP contribution in [0.3, 0.4) is 0 Å². The fraction of sp³-hybridized carbons (Fsp3) is 0.273. The number of rotatable bonds is 2.